The molecule has 0 saturated heterocycles. The van der Waals surface area contributed by atoms with Gasteiger partial charge in [-0.2, -0.15) is 13.5 Å². The van der Waals surface area contributed by atoms with E-state index in [1.807, 2.05) is 6.92 Å². The van der Waals surface area contributed by atoms with Crippen molar-refractivity contribution in [3.63, 3.8) is 0 Å². The molecule has 2 N–H and O–H groups in total. The third-order valence-corrected chi connectivity index (χ3v) is 7.38. The van der Waals surface area contributed by atoms with Crippen molar-refractivity contribution in [1.29, 1.82) is 0 Å². The monoisotopic (exact) mass is 609 g/mol. The summed E-state index contributed by atoms with van der Waals surface area (Å²) < 4.78 is 39.6. The molecular formula is C27H22Cl2N3NaO6S. The van der Waals surface area contributed by atoms with E-state index in [1.54, 1.807) is 43.3 Å². The molecule has 0 radical (unpaired) electrons. The van der Waals surface area contributed by atoms with Crippen LogP contribution in [0.4, 0.5) is 17.1 Å². The van der Waals surface area contributed by atoms with Gasteiger partial charge in [-0.25, -0.2) is 0 Å². The van der Waals surface area contributed by atoms with Crippen LogP contribution in [0.25, 0.3) is 10.8 Å². The Morgan fingerprint density at radius 2 is 1.68 bits per heavy atom. The Morgan fingerprint density at radius 3 is 2.35 bits per heavy atom. The van der Waals surface area contributed by atoms with Gasteiger partial charge in [0, 0.05) is 17.0 Å². The summed E-state index contributed by atoms with van der Waals surface area (Å²) in [5.74, 6) is -1.03. The van der Waals surface area contributed by atoms with Crippen molar-refractivity contribution in [2.45, 2.75) is 25.2 Å². The Hall–Kier alpha value is -2.70. The smallest absolute Gasteiger partial charge is 0.870 e. The van der Waals surface area contributed by atoms with Gasteiger partial charge in [0.05, 0.1) is 28.0 Å². The topological polar surface area (TPSA) is 140 Å². The first kappa shape index (κ1) is 31.8. The van der Waals surface area contributed by atoms with E-state index in [4.69, 9.17) is 27.9 Å². The third kappa shape index (κ3) is 6.77. The van der Waals surface area contributed by atoms with Gasteiger partial charge >= 0.3 is 29.6 Å². The molecule has 0 atom stereocenters. The summed E-state index contributed by atoms with van der Waals surface area (Å²) in [5.41, 5.74) is -0.279. The predicted molar refractivity (Wildman–Crippen MR) is 149 cm³/mol. The van der Waals surface area contributed by atoms with Gasteiger partial charge in [-0.15, -0.1) is 5.11 Å². The Morgan fingerprint density at radius 1 is 1.00 bits per heavy atom. The van der Waals surface area contributed by atoms with Crippen molar-refractivity contribution < 1.29 is 57.2 Å². The molecule has 0 fully saturated rings. The number of aryl methyl sites for hydroxylation is 1. The number of amides is 1. The molecular weight excluding hydrogens is 588 g/mol. The fraction of sp³-hybridized carbons (Fsp3) is 0.148. The second-order valence-electron chi connectivity index (χ2n) is 8.26. The third-order valence-electron chi connectivity index (χ3n) is 5.77. The molecule has 4 aromatic carbocycles. The maximum atomic E-state index is 13.5. The van der Waals surface area contributed by atoms with Crippen molar-refractivity contribution in [1.82, 2.24) is 0 Å². The van der Waals surface area contributed by atoms with Crippen LogP contribution in [0.1, 0.15) is 29.8 Å². The van der Waals surface area contributed by atoms with Gasteiger partial charge in [-0.1, -0.05) is 66.2 Å². The average molecular weight is 610 g/mol. The zero-order chi connectivity index (χ0) is 28.3. The molecule has 0 aliphatic rings. The van der Waals surface area contributed by atoms with Crippen molar-refractivity contribution in [3.05, 3.63) is 81.8 Å². The molecule has 0 unspecified atom stereocenters. The number of benzene rings is 4. The van der Waals surface area contributed by atoms with Gasteiger partial charge < -0.3 is 15.2 Å². The minimum atomic E-state index is -4.73. The average Bonchev–Trinajstić information content (AvgIpc) is 2.89. The van der Waals surface area contributed by atoms with E-state index in [1.165, 1.54) is 24.3 Å². The van der Waals surface area contributed by atoms with Gasteiger partial charge in [0.1, 0.15) is 16.3 Å². The zero-order valence-electron chi connectivity index (χ0n) is 21.7. The van der Waals surface area contributed by atoms with Gasteiger partial charge in [0.2, 0.25) is 0 Å². The normalized spacial score (nSPS) is 11.4. The number of fused-ring (bicyclic) bond motifs is 1. The van der Waals surface area contributed by atoms with Crippen molar-refractivity contribution in [2.75, 3.05) is 11.9 Å². The number of ether oxygens (including phenoxy) is 1. The van der Waals surface area contributed by atoms with Gasteiger partial charge in [-0.3, -0.25) is 9.35 Å². The number of azo groups is 1. The number of hydrogen-bond acceptors (Lipinski definition) is 7. The molecule has 0 aliphatic heterocycles. The van der Waals surface area contributed by atoms with Crippen molar-refractivity contribution >= 4 is 67.1 Å². The van der Waals surface area contributed by atoms with Crippen LogP contribution in [-0.2, 0) is 16.5 Å². The molecule has 0 spiro atoms. The molecule has 0 aliphatic carbocycles. The molecule has 4 aromatic rings. The largest absolute Gasteiger partial charge is 1.00 e. The summed E-state index contributed by atoms with van der Waals surface area (Å²) >= 11 is 12.5. The summed E-state index contributed by atoms with van der Waals surface area (Å²) in [7, 11) is -4.73. The molecule has 9 nitrogen and oxygen atoms in total. The van der Waals surface area contributed by atoms with Crippen molar-refractivity contribution in [3.8, 4) is 11.5 Å². The summed E-state index contributed by atoms with van der Waals surface area (Å²) in [6.45, 7) is 3.91. The molecule has 13 heteroatoms. The number of nitrogens with zero attached hydrogens (tertiary/aromatic N) is 2. The van der Waals surface area contributed by atoms with Crippen molar-refractivity contribution in [2.24, 2.45) is 10.2 Å². The van der Waals surface area contributed by atoms with Crippen LogP contribution in [0.5, 0.6) is 11.5 Å². The van der Waals surface area contributed by atoms with Crippen LogP contribution in [0, 0.1) is 0 Å². The van der Waals surface area contributed by atoms with E-state index in [0.29, 0.717) is 23.1 Å². The second-order valence-corrected chi connectivity index (χ2v) is 10.4. The number of carbonyl (C=O) groups excluding carboxylic acids is 1. The Balaban J connectivity index is 0.00000441. The van der Waals surface area contributed by atoms with Crippen LogP contribution in [-0.4, -0.2) is 25.5 Å². The fourth-order valence-corrected chi connectivity index (χ4v) is 5.33. The minimum absolute atomic E-state index is 0. The van der Waals surface area contributed by atoms with Gasteiger partial charge in [-0.05, 0) is 48.6 Å². The fourth-order valence-electron chi connectivity index (χ4n) is 3.97. The number of halogens is 2. The van der Waals surface area contributed by atoms with Crippen LogP contribution in [0.15, 0.2) is 75.8 Å². The van der Waals surface area contributed by atoms with E-state index in [-0.39, 0.29) is 74.2 Å². The number of rotatable bonds is 8. The van der Waals surface area contributed by atoms with E-state index in [0.717, 1.165) is 0 Å². The van der Waals surface area contributed by atoms with Crippen LogP contribution in [0.2, 0.25) is 10.0 Å². The van der Waals surface area contributed by atoms with E-state index < -0.39 is 26.7 Å². The zero-order valence-corrected chi connectivity index (χ0v) is 26.1. The van der Waals surface area contributed by atoms with Crippen LogP contribution < -0.4 is 44.7 Å². The summed E-state index contributed by atoms with van der Waals surface area (Å²) in [4.78, 5) is 12.7. The van der Waals surface area contributed by atoms with Crippen LogP contribution in [0.3, 0.4) is 0 Å². The molecule has 40 heavy (non-hydrogen) atoms. The van der Waals surface area contributed by atoms with Gasteiger partial charge in [0.15, 0.2) is 0 Å². The van der Waals surface area contributed by atoms with E-state index in [2.05, 4.69) is 15.5 Å². The maximum Gasteiger partial charge on any atom is 1.00 e. The summed E-state index contributed by atoms with van der Waals surface area (Å²) in [6, 6.07) is 15.7. The maximum absolute atomic E-state index is 13.5. The SMILES string of the molecule is CCOc1ccc(Cl)c(NC(=O)c2cc3ccccc3c(N=Nc3c(Cl)ccc(CC)c3S(=O)(=O)O)c2[O-])c1.[Na+]. The first-order valence-corrected chi connectivity index (χ1v) is 13.9. The number of nitrogens with one attached hydrogen (secondary N) is 1. The first-order valence-electron chi connectivity index (χ1n) is 11.7. The summed E-state index contributed by atoms with van der Waals surface area (Å²) in [6.07, 6.45) is 0.257. The Bertz CT molecular complexity index is 1730. The molecule has 0 bridgehead atoms. The quantitative estimate of drug-likeness (QED) is 0.175. The Kier molecular flexibility index (Phi) is 10.6. The predicted octanol–water partition coefficient (Wildman–Crippen LogP) is 4.10. The van der Waals surface area contributed by atoms with Crippen LogP contribution >= 0.6 is 23.2 Å². The van der Waals surface area contributed by atoms with Gasteiger partial charge in [0.25, 0.3) is 16.0 Å². The molecule has 0 aromatic heterocycles. The number of carbonyl (C=O) groups is 1. The minimum Gasteiger partial charge on any atom is -0.870 e. The summed E-state index contributed by atoms with van der Waals surface area (Å²) in [5, 5.41) is 25.2. The Labute approximate surface area is 263 Å². The molecule has 1 amide bonds. The number of anilines is 1. The number of hydrogen-bond donors (Lipinski definition) is 2. The van der Waals surface area contributed by atoms with E-state index >= 15 is 0 Å². The molecule has 0 heterocycles. The van der Waals surface area contributed by atoms with E-state index in [9.17, 15) is 22.9 Å². The molecule has 0 saturated carbocycles. The second kappa shape index (κ2) is 13.3. The molecule has 202 valence electrons. The first-order chi connectivity index (χ1) is 18.5. The molecule has 4 rings (SSSR count). The standard InChI is InChI=1S/C27H23Cl2N3O6S.Na/c1-3-15-9-11-21(29)24(26(15)39(35,36)37)32-31-23-18-8-6-5-7-16(18)13-19(25(23)33)27(34)30-22-14-17(38-4-2)10-12-20(22)28;/h5-14,33H,3-4H2,1-2H3,(H,30,34)(H,35,36,37);/q;+1/p-1.